The van der Waals surface area contributed by atoms with Gasteiger partial charge in [-0.2, -0.15) is 0 Å². The molecule has 3 heterocycles. The third-order valence-electron chi connectivity index (χ3n) is 9.88. The Hall–Kier alpha value is -5.54. The lowest BCUT2D eigenvalue weighted by molar-refractivity contribution is 0.278. The van der Waals surface area contributed by atoms with E-state index in [1.165, 1.54) is 71.6 Å². The third kappa shape index (κ3) is 3.64. The number of nitrogens with zero attached hydrogens (tertiary/aromatic N) is 2. The van der Waals surface area contributed by atoms with Crippen LogP contribution in [0.15, 0.2) is 151 Å². The zero-order valence-corrected chi connectivity index (χ0v) is 24.8. The van der Waals surface area contributed by atoms with Crippen LogP contribution in [0, 0.1) is 0 Å². The Labute approximate surface area is 261 Å². The maximum absolute atomic E-state index is 6.51. The number of para-hydroxylation sites is 4. The van der Waals surface area contributed by atoms with Gasteiger partial charge in [0, 0.05) is 50.5 Å². The van der Waals surface area contributed by atoms with Gasteiger partial charge in [-0.15, -0.1) is 0 Å². The van der Waals surface area contributed by atoms with E-state index in [0.717, 1.165) is 30.7 Å². The molecule has 7 aromatic rings. The molecule has 0 amide bonds. The average molecular weight is 579 g/mol. The van der Waals surface area contributed by atoms with Gasteiger partial charge in [-0.3, -0.25) is 0 Å². The van der Waals surface area contributed by atoms with Gasteiger partial charge >= 0.3 is 0 Å². The first kappa shape index (κ1) is 24.9. The molecule has 3 aliphatic rings. The summed E-state index contributed by atoms with van der Waals surface area (Å²) in [5.74, 6) is 0.976. The van der Waals surface area contributed by atoms with Crippen LogP contribution in [0.5, 0.6) is 5.75 Å². The van der Waals surface area contributed by atoms with Gasteiger partial charge in [0.1, 0.15) is 11.9 Å². The minimum atomic E-state index is 0.0575. The number of hydrogen-bond donors (Lipinski definition) is 0. The molecule has 2 aliphatic carbocycles. The fourth-order valence-corrected chi connectivity index (χ4v) is 7.88. The van der Waals surface area contributed by atoms with Gasteiger partial charge in [0.2, 0.25) is 0 Å². The van der Waals surface area contributed by atoms with Crippen molar-refractivity contribution in [3.63, 3.8) is 0 Å². The van der Waals surface area contributed by atoms with Gasteiger partial charge in [0.05, 0.1) is 22.1 Å². The van der Waals surface area contributed by atoms with E-state index in [9.17, 15) is 0 Å². The number of allylic oxidation sites excluding steroid dienone is 6. The van der Waals surface area contributed by atoms with Gasteiger partial charge in [-0.25, -0.2) is 0 Å². The number of rotatable bonds is 3. The van der Waals surface area contributed by atoms with Crippen LogP contribution in [0.1, 0.15) is 24.8 Å². The standard InChI is InChI=1S/C42H30N2O/c1-5-16-37-31(12-1)32-13-2-6-17-38(32)43(37)29-11-9-10-27(24-29)28-20-22-41-35(25-28)36-26-30(21-23-42(36)45-41)44-39-18-7-3-14-33(39)34-15-4-8-19-40(34)44/h1-8,10,12-21,23-26,41H,9,11,22H2. The van der Waals surface area contributed by atoms with Crippen molar-refractivity contribution in [2.24, 2.45) is 0 Å². The number of hydrogen-bond acceptors (Lipinski definition) is 1. The van der Waals surface area contributed by atoms with Crippen LogP contribution < -0.4 is 4.74 Å². The Balaban J connectivity index is 1.07. The highest BCUT2D eigenvalue weighted by Crippen LogP contribution is 2.45. The Morgan fingerprint density at radius 3 is 1.73 bits per heavy atom. The molecule has 1 aliphatic heterocycles. The quantitative estimate of drug-likeness (QED) is 0.204. The van der Waals surface area contributed by atoms with E-state index in [4.69, 9.17) is 4.74 Å². The first-order valence-corrected chi connectivity index (χ1v) is 15.9. The first-order chi connectivity index (χ1) is 22.3. The molecule has 0 spiro atoms. The summed E-state index contributed by atoms with van der Waals surface area (Å²) in [6.07, 6.45) is 12.5. The third-order valence-corrected chi connectivity index (χ3v) is 9.88. The number of ether oxygens (including phenoxy) is 1. The summed E-state index contributed by atoms with van der Waals surface area (Å²) in [7, 11) is 0. The molecular formula is C42H30N2O. The number of aromatic nitrogens is 2. The number of fused-ring (bicyclic) bond motifs is 9. The molecule has 0 radical (unpaired) electrons. The second-order valence-corrected chi connectivity index (χ2v) is 12.4. The molecule has 0 fully saturated rings. The van der Waals surface area contributed by atoms with Crippen molar-refractivity contribution in [2.75, 3.05) is 0 Å². The molecule has 0 bridgehead atoms. The lowest BCUT2D eigenvalue weighted by Gasteiger charge is -2.21. The topological polar surface area (TPSA) is 19.1 Å². The number of benzene rings is 5. The second-order valence-electron chi connectivity index (χ2n) is 12.4. The van der Waals surface area contributed by atoms with Crippen LogP contribution in [-0.4, -0.2) is 15.2 Å². The highest BCUT2D eigenvalue weighted by atomic mass is 16.5. The molecule has 1 unspecified atom stereocenters. The molecule has 3 heteroatoms. The van der Waals surface area contributed by atoms with Gasteiger partial charge in [0.15, 0.2) is 0 Å². The van der Waals surface area contributed by atoms with E-state index in [1.54, 1.807) is 0 Å². The lowest BCUT2D eigenvalue weighted by atomic mass is 9.87. The van der Waals surface area contributed by atoms with Gasteiger partial charge in [0.25, 0.3) is 0 Å². The summed E-state index contributed by atoms with van der Waals surface area (Å²) >= 11 is 0. The maximum atomic E-state index is 6.51. The molecule has 45 heavy (non-hydrogen) atoms. The van der Waals surface area contributed by atoms with E-state index in [-0.39, 0.29) is 6.10 Å². The molecule has 214 valence electrons. The first-order valence-electron chi connectivity index (χ1n) is 15.9. The molecule has 10 rings (SSSR count). The second kappa shape index (κ2) is 9.48. The van der Waals surface area contributed by atoms with Crippen LogP contribution in [0.2, 0.25) is 0 Å². The fourth-order valence-electron chi connectivity index (χ4n) is 7.88. The molecule has 2 aromatic heterocycles. The van der Waals surface area contributed by atoms with Crippen molar-refractivity contribution < 1.29 is 4.74 Å². The Morgan fingerprint density at radius 1 is 0.556 bits per heavy atom. The van der Waals surface area contributed by atoms with Gasteiger partial charge < -0.3 is 13.9 Å². The SMILES string of the molecule is C1=C(C2=CCC3Oc4ccc(-n5c6ccccc6c6ccccc65)cc4C3=C2)C=C(n2c3ccccc3c3ccccc32)CC1. The summed E-state index contributed by atoms with van der Waals surface area (Å²) in [6.45, 7) is 0. The molecule has 5 aromatic carbocycles. The van der Waals surface area contributed by atoms with Crippen molar-refractivity contribution in [2.45, 2.75) is 25.4 Å². The summed E-state index contributed by atoms with van der Waals surface area (Å²) in [6, 6.07) is 41.7. The van der Waals surface area contributed by atoms with E-state index in [1.807, 2.05) is 0 Å². The predicted octanol–water partition coefficient (Wildman–Crippen LogP) is 10.6. The fraction of sp³-hybridized carbons (Fsp3) is 0.0952. The molecule has 0 saturated heterocycles. The Bertz CT molecular complexity index is 2390. The summed E-state index contributed by atoms with van der Waals surface area (Å²) in [5, 5.41) is 5.18. The van der Waals surface area contributed by atoms with Crippen molar-refractivity contribution in [1.29, 1.82) is 0 Å². The maximum Gasteiger partial charge on any atom is 0.128 e. The normalized spacial score (nSPS) is 17.6. The van der Waals surface area contributed by atoms with Crippen LogP contribution in [0.3, 0.4) is 0 Å². The van der Waals surface area contributed by atoms with Crippen LogP contribution in [0.25, 0.3) is 60.6 Å². The largest absolute Gasteiger partial charge is 0.485 e. The Morgan fingerprint density at radius 2 is 1.11 bits per heavy atom. The average Bonchev–Trinajstić information content (AvgIpc) is 3.75. The molecular weight excluding hydrogens is 548 g/mol. The monoisotopic (exact) mass is 578 g/mol. The molecule has 3 nitrogen and oxygen atoms in total. The van der Waals surface area contributed by atoms with Crippen molar-refractivity contribution >= 4 is 54.9 Å². The minimum Gasteiger partial charge on any atom is -0.485 e. The van der Waals surface area contributed by atoms with Crippen molar-refractivity contribution in [1.82, 2.24) is 9.13 Å². The van der Waals surface area contributed by atoms with Crippen LogP contribution >= 0.6 is 0 Å². The Kier molecular flexibility index (Phi) is 5.23. The molecule has 0 N–H and O–H groups in total. The van der Waals surface area contributed by atoms with E-state index in [0.29, 0.717) is 0 Å². The minimum absolute atomic E-state index is 0.0575. The highest BCUT2D eigenvalue weighted by molar-refractivity contribution is 6.10. The van der Waals surface area contributed by atoms with Crippen LogP contribution in [-0.2, 0) is 0 Å². The van der Waals surface area contributed by atoms with Gasteiger partial charge in [-0.1, -0.05) is 84.9 Å². The molecule has 1 atom stereocenters. The highest BCUT2D eigenvalue weighted by Gasteiger charge is 2.31. The zero-order valence-electron chi connectivity index (χ0n) is 24.8. The molecule has 0 saturated carbocycles. The zero-order chi connectivity index (χ0) is 29.5. The van der Waals surface area contributed by atoms with E-state index in [2.05, 4.69) is 149 Å². The summed E-state index contributed by atoms with van der Waals surface area (Å²) in [4.78, 5) is 0. The predicted molar refractivity (Wildman–Crippen MR) is 187 cm³/mol. The van der Waals surface area contributed by atoms with Crippen molar-refractivity contribution in [3.05, 3.63) is 156 Å². The van der Waals surface area contributed by atoms with Gasteiger partial charge in [-0.05, 0) is 78.6 Å². The summed E-state index contributed by atoms with van der Waals surface area (Å²) < 4.78 is 11.4. The van der Waals surface area contributed by atoms with Crippen molar-refractivity contribution in [3.8, 4) is 11.4 Å². The lowest BCUT2D eigenvalue weighted by Crippen LogP contribution is -2.14. The van der Waals surface area contributed by atoms with Crippen LogP contribution in [0.4, 0.5) is 0 Å². The van der Waals surface area contributed by atoms with E-state index >= 15 is 0 Å². The van der Waals surface area contributed by atoms with E-state index < -0.39 is 0 Å². The summed E-state index contributed by atoms with van der Waals surface area (Å²) in [5.41, 5.74) is 12.6. The smallest absolute Gasteiger partial charge is 0.128 e.